The van der Waals surface area contributed by atoms with E-state index in [1.165, 1.54) is 0 Å². The van der Waals surface area contributed by atoms with E-state index in [4.69, 9.17) is 0 Å². The topological polar surface area (TPSA) is 34.1 Å². The summed E-state index contributed by atoms with van der Waals surface area (Å²) in [4.78, 5) is 25.9. The van der Waals surface area contributed by atoms with E-state index in [-0.39, 0.29) is 11.6 Å². The standard InChI is InChI=1S/C23H16O2/c1-13-5-4-8-18-19(13)10-16-12-20-15(11-21(16)23(18)25)9-14-6-2-3-7-17(14)22(20)24/h2-8,11-12H,9-10H2,1H3. The molecule has 0 atom stereocenters. The van der Waals surface area contributed by atoms with E-state index in [1.807, 2.05) is 61.5 Å². The molecule has 0 saturated heterocycles. The summed E-state index contributed by atoms with van der Waals surface area (Å²) in [6.07, 6.45) is 1.42. The van der Waals surface area contributed by atoms with Crippen LogP contribution in [0.2, 0.25) is 0 Å². The molecule has 5 rings (SSSR count). The van der Waals surface area contributed by atoms with Crippen LogP contribution in [0.3, 0.4) is 0 Å². The summed E-state index contributed by atoms with van der Waals surface area (Å²) in [5, 5.41) is 0. The van der Waals surface area contributed by atoms with Crippen molar-refractivity contribution in [3.05, 3.63) is 105 Å². The lowest BCUT2D eigenvalue weighted by Crippen LogP contribution is -2.21. The molecule has 0 fully saturated rings. The molecular formula is C23H16O2. The first-order valence-electron chi connectivity index (χ1n) is 8.55. The van der Waals surface area contributed by atoms with Crippen molar-refractivity contribution in [1.82, 2.24) is 0 Å². The molecule has 0 saturated carbocycles. The van der Waals surface area contributed by atoms with Crippen molar-refractivity contribution >= 4 is 11.6 Å². The van der Waals surface area contributed by atoms with Gasteiger partial charge in [-0.15, -0.1) is 0 Å². The Labute approximate surface area is 146 Å². The second-order valence-corrected chi connectivity index (χ2v) is 6.94. The minimum absolute atomic E-state index is 0.0719. The lowest BCUT2D eigenvalue weighted by molar-refractivity contribution is 0.102. The quantitative estimate of drug-likeness (QED) is 0.426. The van der Waals surface area contributed by atoms with E-state index in [2.05, 4.69) is 0 Å². The summed E-state index contributed by atoms with van der Waals surface area (Å²) in [5.41, 5.74) is 8.29. The van der Waals surface area contributed by atoms with Gasteiger partial charge in [-0.05, 0) is 59.7 Å². The molecule has 25 heavy (non-hydrogen) atoms. The maximum absolute atomic E-state index is 13.0. The van der Waals surface area contributed by atoms with Gasteiger partial charge in [0.1, 0.15) is 0 Å². The van der Waals surface area contributed by atoms with Crippen LogP contribution in [0.4, 0.5) is 0 Å². The highest BCUT2D eigenvalue weighted by Crippen LogP contribution is 2.34. The summed E-state index contributed by atoms with van der Waals surface area (Å²) in [7, 11) is 0. The molecule has 3 aromatic rings. The smallest absolute Gasteiger partial charge is 0.193 e. The van der Waals surface area contributed by atoms with Crippen molar-refractivity contribution < 1.29 is 9.59 Å². The van der Waals surface area contributed by atoms with Crippen molar-refractivity contribution in [2.75, 3.05) is 0 Å². The molecule has 2 aliphatic carbocycles. The highest BCUT2D eigenvalue weighted by atomic mass is 16.1. The molecule has 2 nitrogen and oxygen atoms in total. The van der Waals surface area contributed by atoms with E-state index >= 15 is 0 Å². The molecule has 120 valence electrons. The summed E-state index contributed by atoms with van der Waals surface area (Å²) < 4.78 is 0. The molecule has 3 aromatic carbocycles. The third kappa shape index (κ3) is 1.97. The minimum Gasteiger partial charge on any atom is -0.289 e. The van der Waals surface area contributed by atoms with Crippen LogP contribution in [-0.2, 0) is 12.8 Å². The van der Waals surface area contributed by atoms with Crippen LogP contribution in [0.15, 0.2) is 54.6 Å². The molecule has 0 radical (unpaired) electrons. The van der Waals surface area contributed by atoms with Crippen molar-refractivity contribution in [2.45, 2.75) is 19.8 Å². The van der Waals surface area contributed by atoms with Crippen LogP contribution in [-0.4, -0.2) is 11.6 Å². The van der Waals surface area contributed by atoms with E-state index in [9.17, 15) is 9.59 Å². The van der Waals surface area contributed by atoms with Gasteiger partial charge in [-0.3, -0.25) is 9.59 Å². The Morgan fingerprint density at radius 2 is 1.28 bits per heavy atom. The monoisotopic (exact) mass is 324 g/mol. The van der Waals surface area contributed by atoms with Gasteiger partial charge in [0.2, 0.25) is 0 Å². The second kappa shape index (κ2) is 5.00. The van der Waals surface area contributed by atoms with Gasteiger partial charge in [0.05, 0.1) is 0 Å². The van der Waals surface area contributed by atoms with Crippen LogP contribution in [0, 0.1) is 6.92 Å². The fourth-order valence-electron chi connectivity index (χ4n) is 4.14. The molecule has 0 spiro atoms. The number of carbonyl (C=O) groups excluding carboxylic acids is 2. The number of ketones is 2. The number of rotatable bonds is 0. The summed E-state index contributed by atoms with van der Waals surface area (Å²) >= 11 is 0. The van der Waals surface area contributed by atoms with Gasteiger partial charge >= 0.3 is 0 Å². The van der Waals surface area contributed by atoms with Gasteiger partial charge in [-0.1, -0.05) is 42.5 Å². The fraction of sp³-hybridized carbons (Fsp3) is 0.130. The number of carbonyl (C=O) groups is 2. The maximum atomic E-state index is 13.0. The Morgan fingerprint density at radius 3 is 2.08 bits per heavy atom. The Balaban J connectivity index is 1.70. The molecule has 2 heteroatoms. The number of hydrogen-bond acceptors (Lipinski definition) is 2. The molecule has 0 unspecified atom stereocenters. The van der Waals surface area contributed by atoms with E-state index in [0.717, 1.165) is 50.1 Å². The van der Waals surface area contributed by atoms with Gasteiger partial charge in [0.25, 0.3) is 0 Å². The van der Waals surface area contributed by atoms with E-state index in [1.54, 1.807) is 0 Å². The Bertz CT molecular complexity index is 1090. The van der Waals surface area contributed by atoms with Gasteiger partial charge in [-0.2, -0.15) is 0 Å². The average Bonchev–Trinajstić information content (AvgIpc) is 2.62. The molecule has 0 aromatic heterocycles. The van der Waals surface area contributed by atoms with Gasteiger partial charge in [0, 0.05) is 22.3 Å². The molecular weight excluding hydrogens is 308 g/mol. The number of hydrogen-bond donors (Lipinski definition) is 0. The van der Waals surface area contributed by atoms with Crippen LogP contribution in [0.5, 0.6) is 0 Å². The number of fused-ring (bicyclic) bond motifs is 4. The predicted molar refractivity (Wildman–Crippen MR) is 96.5 cm³/mol. The van der Waals surface area contributed by atoms with Gasteiger partial charge < -0.3 is 0 Å². The average molecular weight is 324 g/mol. The van der Waals surface area contributed by atoms with Gasteiger partial charge in [0.15, 0.2) is 11.6 Å². The molecule has 2 aliphatic rings. The molecule has 0 amide bonds. The Hall–Kier alpha value is -3.00. The van der Waals surface area contributed by atoms with Crippen molar-refractivity contribution in [1.29, 1.82) is 0 Å². The second-order valence-electron chi connectivity index (χ2n) is 6.94. The van der Waals surface area contributed by atoms with Crippen LogP contribution < -0.4 is 0 Å². The first-order chi connectivity index (χ1) is 12.1. The Kier molecular flexibility index (Phi) is 2.87. The fourth-order valence-corrected chi connectivity index (χ4v) is 4.14. The highest BCUT2D eigenvalue weighted by molar-refractivity contribution is 6.16. The third-order valence-electron chi connectivity index (χ3n) is 5.48. The summed E-state index contributed by atoms with van der Waals surface area (Å²) in [6.45, 7) is 2.04. The zero-order valence-electron chi connectivity index (χ0n) is 13.9. The number of benzene rings is 3. The van der Waals surface area contributed by atoms with Crippen molar-refractivity contribution in [3.63, 3.8) is 0 Å². The molecule has 0 N–H and O–H groups in total. The van der Waals surface area contributed by atoms with Crippen LogP contribution in [0.25, 0.3) is 0 Å². The maximum Gasteiger partial charge on any atom is 0.193 e. The summed E-state index contributed by atoms with van der Waals surface area (Å²) in [5.74, 6) is 0.150. The zero-order valence-corrected chi connectivity index (χ0v) is 13.9. The Morgan fingerprint density at radius 1 is 0.640 bits per heavy atom. The lowest BCUT2D eigenvalue weighted by atomic mass is 9.77. The zero-order chi connectivity index (χ0) is 17.1. The highest BCUT2D eigenvalue weighted by Gasteiger charge is 2.29. The lowest BCUT2D eigenvalue weighted by Gasteiger charge is -2.25. The first-order valence-corrected chi connectivity index (χ1v) is 8.55. The normalized spacial score (nSPS) is 14.4. The molecule has 0 aliphatic heterocycles. The van der Waals surface area contributed by atoms with E-state index in [0.29, 0.717) is 12.8 Å². The van der Waals surface area contributed by atoms with Crippen LogP contribution >= 0.6 is 0 Å². The van der Waals surface area contributed by atoms with Gasteiger partial charge in [-0.25, -0.2) is 0 Å². The van der Waals surface area contributed by atoms with Crippen molar-refractivity contribution in [2.24, 2.45) is 0 Å². The third-order valence-corrected chi connectivity index (χ3v) is 5.48. The number of aryl methyl sites for hydroxylation is 1. The predicted octanol–water partition coefficient (Wildman–Crippen LogP) is 4.27. The van der Waals surface area contributed by atoms with E-state index < -0.39 is 0 Å². The minimum atomic E-state index is 0.0719. The molecule has 0 heterocycles. The van der Waals surface area contributed by atoms with Crippen LogP contribution in [0.1, 0.15) is 59.7 Å². The largest absolute Gasteiger partial charge is 0.289 e. The van der Waals surface area contributed by atoms with Crippen molar-refractivity contribution in [3.8, 4) is 0 Å². The SMILES string of the molecule is Cc1cccc2c1Cc1cc3c(cc1C2=O)Cc1ccccc1C3=O. The summed E-state index contributed by atoms with van der Waals surface area (Å²) in [6, 6.07) is 17.5. The first kappa shape index (κ1) is 14.4. The molecule has 0 bridgehead atoms.